The molecule has 0 spiro atoms. The molecule has 0 bridgehead atoms. The van der Waals surface area contributed by atoms with Crippen molar-refractivity contribution in [2.75, 3.05) is 13.1 Å². The lowest BCUT2D eigenvalue weighted by Crippen LogP contribution is -2.53. The Bertz CT molecular complexity index is 1700. The zero-order valence-electron chi connectivity index (χ0n) is 36.5. The first-order valence-electron chi connectivity index (χ1n) is 20.3. The highest BCUT2D eigenvalue weighted by Crippen LogP contribution is 2.19. The van der Waals surface area contributed by atoms with Gasteiger partial charge in [0.2, 0.25) is 11.8 Å². The van der Waals surface area contributed by atoms with Gasteiger partial charge in [0.05, 0.1) is 19.1 Å². The second kappa shape index (κ2) is 26.6. The molecule has 0 radical (unpaired) electrons. The maximum absolute atomic E-state index is 12.7. The fourth-order valence-electron chi connectivity index (χ4n) is 5.35. The highest BCUT2D eigenvalue weighted by atomic mass is 16.6. The Labute approximate surface area is 358 Å². The molecule has 61 heavy (non-hydrogen) atoms. The Morgan fingerprint density at radius 3 is 1.49 bits per heavy atom. The molecule has 0 heterocycles. The lowest BCUT2D eigenvalue weighted by atomic mass is 10.0. The number of aliphatic hydroxyl groups excluding tert-OH is 2. The average molecular weight is 859 g/mol. The number of esters is 1. The highest BCUT2D eigenvalue weighted by molar-refractivity contribution is 5.91. The zero-order valence-corrected chi connectivity index (χ0v) is 36.5. The Hall–Kier alpha value is -5.59. The highest BCUT2D eigenvalue weighted by Gasteiger charge is 2.31. The summed E-state index contributed by atoms with van der Waals surface area (Å²) in [4.78, 5) is 85.1. The minimum atomic E-state index is -1.60. The number of alkyl carbamates (subject to hydrolysis) is 1. The summed E-state index contributed by atoms with van der Waals surface area (Å²) in [6.07, 6.45) is 0.170. The molecule has 6 atom stereocenters. The molecule has 2 aromatic carbocycles. The molecule has 0 aromatic heterocycles. The van der Waals surface area contributed by atoms with Gasteiger partial charge in [0.15, 0.2) is 18.2 Å². The van der Waals surface area contributed by atoms with Gasteiger partial charge in [-0.2, -0.15) is 0 Å². The van der Waals surface area contributed by atoms with Crippen molar-refractivity contribution < 1.29 is 58.4 Å². The van der Waals surface area contributed by atoms with E-state index in [0.29, 0.717) is 30.4 Å². The summed E-state index contributed by atoms with van der Waals surface area (Å²) in [7, 11) is 0. The van der Waals surface area contributed by atoms with Gasteiger partial charge in [0, 0.05) is 6.04 Å². The van der Waals surface area contributed by atoms with Crippen molar-refractivity contribution in [2.45, 2.75) is 141 Å². The number of aliphatic carboxylic acids is 1. The molecule has 340 valence electrons. The van der Waals surface area contributed by atoms with Crippen LogP contribution in [0.2, 0.25) is 0 Å². The number of carbonyl (C=O) groups is 7. The topological polar surface area (TPSA) is 285 Å². The molecule has 2 aromatic rings. The first kappa shape index (κ1) is 53.4. The van der Waals surface area contributed by atoms with E-state index in [2.05, 4.69) is 26.6 Å². The van der Waals surface area contributed by atoms with E-state index < -0.39 is 102 Å². The van der Waals surface area contributed by atoms with E-state index in [1.54, 1.807) is 102 Å². The van der Waals surface area contributed by atoms with E-state index in [1.165, 1.54) is 0 Å². The van der Waals surface area contributed by atoms with Crippen molar-refractivity contribution in [1.82, 2.24) is 26.6 Å². The summed E-state index contributed by atoms with van der Waals surface area (Å²) >= 11 is 0. The number of hydrogen-bond donors (Lipinski definition) is 9. The van der Waals surface area contributed by atoms with Crippen molar-refractivity contribution in [3.05, 3.63) is 71.8 Å². The van der Waals surface area contributed by atoms with Crippen LogP contribution in [0.4, 0.5) is 4.79 Å². The molecule has 0 aliphatic carbocycles. The number of hydrogen-bond acceptors (Lipinski definition) is 12. The quantitative estimate of drug-likeness (QED) is 0.0818. The Morgan fingerprint density at radius 1 is 0.623 bits per heavy atom. The van der Waals surface area contributed by atoms with Crippen LogP contribution in [0.25, 0.3) is 0 Å². The van der Waals surface area contributed by atoms with Crippen LogP contribution in [0.15, 0.2) is 60.7 Å². The minimum Gasteiger partial charge on any atom is -0.479 e. The van der Waals surface area contributed by atoms with E-state index >= 15 is 0 Å². The summed E-state index contributed by atoms with van der Waals surface area (Å²) in [6, 6.07) is 12.9. The van der Waals surface area contributed by atoms with Gasteiger partial charge in [0.25, 0.3) is 11.8 Å². The number of benzene rings is 2. The first-order chi connectivity index (χ1) is 28.5. The van der Waals surface area contributed by atoms with Crippen molar-refractivity contribution in [3.63, 3.8) is 0 Å². The molecule has 18 heteroatoms. The number of aliphatic hydroxyl groups is 2. The lowest BCUT2D eigenvalue weighted by molar-refractivity contribution is -0.158. The summed E-state index contributed by atoms with van der Waals surface area (Å²) in [5.74, 6) is -4.79. The van der Waals surface area contributed by atoms with Crippen molar-refractivity contribution in [1.29, 1.82) is 0 Å². The van der Waals surface area contributed by atoms with Crippen LogP contribution in [-0.2, 0) is 38.2 Å². The van der Waals surface area contributed by atoms with Crippen LogP contribution in [0.3, 0.4) is 0 Å². The number of carbonyl (C=O) groups excluding carboxylic acids is 6. The number of unbranched alkanes of at least 4 members (excludes halogenated alkanes) is 2. The number of nitrogens with two attached hydrogens (primary N) is 1. The third-order valence-corrected chi connectivity index (χ3v) is 8.40. The molecule has 0 aliphatic rings. The lowest BCUT2D eigenvalue weighted by Gasteiger charge is -2.26. The van der Waals surface area contributed by atoms with Gasteiger partial charge in [0.1, 0.15) is 17.3 Å². The molecule has 0 aliphatic heterocycles. The first-order valence-corrected chi connectivity index (χ1v) is 20.3. The monoisotopic (exact) mass is 858 g/mol. The number of nitrogens with one attached hydrogen (secondary N) is 5. The van der Waals surface area contributed by atoms with E-state index in [9.17, 15) is 48.9 Å². The molecule has 5 amide bonds. The molecular formula is C43H66N6O12. The van der Waals surface area contributed by atoms with Gasteiger partial charge in [-0.15, -0.1) is 0 Å². The van der Waals surface area contributed by atoms with Crippen molar-refractivity contribution in [3.8, 4) is 0 Å². The number of ether oxygens (including phenoxy) is 2. The summed E-state index contributed by atoms with van der Waals surface area (Å²) in [6.45, 7) is 13.2. The fraction of sp³-hybridized carbons (Fsp3) is 0.558. The number of rotatable bonds is 21. The largest absolute Gasteiger partial charge is 0.479 e. The predicted molar refractivity (Wildman–Crippen MR) is 226 cm³/mol. The Kier molecular flexibility index (Phi) is 23.3. The fourth-order valence-corrected chi connectivity index (χ4v) is 5.35. The van der Waals surface area contributed by atoms with Crippen LogP contribution in [0.5, 0.6) is 0 Å². The normalized spacial score (nSPS) is 14.1. The van der Waals surface area contributed by atoms with Gasteiger partial charge < -0.3 is 57.1 Å². The molecule has 0 saturated heterocycles. The van der Waals surface area contributed by atoms with Gasteiger partial charge in [-0.05, 0) is 65.5 Å². The molecular weight excluding hydrogens is 793 g/mol. The summed E-state index contributed by atoms with van der Waals surface area (Å²) in [5, 5.41) is 41.7. The van der Waals surface area contributed by atoms with Crippen LogP contribution in [0, 0.1) is 0 Å². The van der Waals surface area contributed by atoms with Gasteiger partial charge >= 0.3 is 18.0 Å². The molecule has 0 saturated carbocycles. The maximum atomic E-state index is 12.7. The third-order valence-electron chi connectivity index (χ3n) is 8.40. The minimum absolute atomic E-state index is 0.339. The van der Waals surface area contributed by atoms with E-state index in [-0.39, 0.29) is 0 Å². The smallest absolute Gasteiger partial charge is 0.407 e. The summed E-state index contributed by atoms with van der Waals surface area (Å²) in [5.41, 5.74) is 5.15. The number of amides is 5. The molecule has 18 nitrogen and oxygen atoms in total. The van der Waals surface area contributed by atoms with E-state index in [1.807, 2.05) is 13.8 Å². The van der Waals surface area contributed by atoms with E-state index in [4.69, 9.17) is 15.2 Å². The average Bonchev–Trinajstić information content (AvgIpc) is 3.19. The SMILES string of the molecule is CCCCC(N)C(O)C(=O)NCC(=O)N[C@H](C(=O)O)c1ccccc1.CCCCC(NC(=O)OC(C)(C)C)C(O)C(=O)NCC(=O)N[C@H](C(=O)OC(C)(C)C)c1ccccc1. The predicted octanol–water partition coefficient (Wildman–Crippen LogP) is 2.67. The van der Waals surface area contributed by atoms with Gasteiger partial charge in [-0.1, -0.05) is 100 Å². The molecule has 4 unspecified atom stereocenters. The molecule has 0 fully saturated rings. The zero-order chi connectivity index (χ0) is 46.3. The number of carboxylic acid groups (broad SMARTS) is 1. The van der Waals surface area contributed by atoms with E-state index in [0.717, 1.165) is 19.3 Å². The van der Waals surface area contributed by atoms with Crippen LogP contribution in [0.1, 0.15) is 117 Å². The van der Waals surface area contributed by atoms with Crippen molar-refractivity contribution >= 4 is 41.7 Å². The third kappa shape index (κ3) is 22.0. The maximum Gasteiger partial charge on any atom is 0.407 e. The Morgan fingerprint density at radius 2 is 1.05 bits per heavy atom. The van der Waals surface area contributed by atoms with Crippen LogP contribution >= 0.6 is 0 Å². The second-order valence-corrected chi connectivity index (χ2v) is 16.2. The second-order valence-electron chi connectivity index (χ2n) is 16.2. The molecule has 10 N–H and O–H groups in total. The van der Waals surface area contributed by atoms with Crippen LogP contribution < -0.4 is 32.3 Å². The number of carboxylic acids is 1. The van der Waals surface area contributed by atoms with Crippen LogP contribution in [-0.4, -0.2) is 106 Å². The van der Waals surface area contributed by atoms with Gasteiger partial charge in [-0.25, -0.2) is 14.4 Å². The molecule has 2 rings (SSSR count). The van der Waals surface area contributed by atoms with Gasteiger partial charge in [-0.3, -0.25) is 19.2 Å². The standard InChI is InChI=1S/C26H41N3O7.C17H25N3O5/c1-8-9-15-18(28-24(34)36-26(5,6)7)21(31)22(32)27-16-19(30)29-20(17-13-11-10-12-14-17)23(33)35-25(2,3)4;1-2-3-9-12(18)15(22)16(23)19-10-13(21)20-14(17(24)25)11-7-5-4-6-8-11/h10-14,18,20-21,31H,8-9,15-16H2,1-7H3,(H,27,32)(H,28,34)(H,29,30);4-8,12,14-15,22H,2-3,9-10,18H2,1H3,(H,19,23)(H,20,21)(H,24,25)/t18?,20-,21?;12?,14-,15?/m00/s1. The Balaban J connectivity index is 0.000000651. The van der Waals surface area contributed by atoms with Crippen molar-refractivity contribution in [2.24, 2.45) is 5.73 Å². The summed E-state index contributed by atoms with van der Waals surface area (Å²) < 4.78 is 10.6.